The standard InChI is InChI=1S/C30H25FN6O3S/c1-4-5-23(38)37-18-7-8-19(15(2)12-18)26-24(25-27(41-26)20(29(33)39)14-35-28(25)32)17-6-9-22(21(31)13-17)40-30-34-11-10-16(3)36-30/h4-14H,1-3H3,(H2,32,35)(H2,33,39)(H,37,38). The van der Waals surface area contributed by atoms with E-state index in [1.807, 2.05) is 19.1 Å². The molecule has 0 aliphatic carbocycles. The van der Waals surface area contributed by atoms with E-state index < -0.39 is 11.7 Å². The van der Waals surface area contributed by atoms with E-state index in [1.54, 1.807) is 38.1 Å². The van der Waals surface area contributed by atoms with Crippen LogP contribution in [-0.4, -0.2) is 26.8 Å². The van der Waals surface area contributed by atoms with Gasteiger partial charge in [0.1, 0.15) is 5.82 Å². The number of aromatic nitrogens is 3. The van der Waals surface area contributed by atoms with Crippen LogP contribution in [-0.2, 0) is 4.79 Å². The molecule has 0 fully saturated rings. The van der Waals surface area contributed by atoms with Crippen LogP contribution in [0.5, 0.6) is 11.8 Å². The molecule has 3 aromatic heterocycles. The van der Waals surface area contributed by atoms with E-state index in [0.717, 1.165) is 16.0 Å². The average Bonchev–Trinajstić information content (AvgIpc) is 3.31. The van der Waals surface area contributed by atoms with Crippen LogP contribution in [0.4, 0.5) is 15.9 Å². The molecule has 5 aromatic rings. The van der Waals surface area contributed by atoms with Gasteiger partial charge in [-0.3, -0.25) is 9.59 Å². The minimum absolute atomic E-state index is 0.0232. The maximum atomic E-state index is 15.4. The van der Waals surface area contributed by atoms with E-state index in [-0.39, 0.29) is 29.0 Å². The first-order valence-electron chi connectivity index (χ1n) is 12.5. The Morgan fingerprint density at radius 1 is 1.10 bits per heavy atom. The lowest BCUT2D eigenvalue weighted by molar-refractivity contribution is -0.111. The first-order chi connectivity index (χ1) is 19.7. The summed E-state index contributed by atoms with van der Waals surface area (Å²) in [6.07, 6.45) is 5.95. The van der Waals surface area contributed by atoms with Crippen molar-refractivity contribution < 1.29 is 18.7 Å². The Hall–Kier alpha value is -5.16. The number of rotatable bonds is 7. The van der Waals surface area contributed by atoms with Gasteiger partial charge >= 0.3 is 6.01 Å². The molecule has 11 heteroatoms. The van der Waals surface area contributed by atoms with Gasteiger partial charge in [-0.1, -0.05) is 18.2 Å². The van der Waals surface area contributed by atoms with Gasteiger partial charge in [-0.15, -0.1) is 11.3 Å². The molecule has 0 bridgehead atoms. The molecule has 0 spiro atoms. The maximum absolute atomic E-state index is 15.4. The van der Waals surface area contributed by atoms with Crippen molar-refractivity contribution in [2.45, 2.75) is 20.8 Å². The van der Waals surface area contributed by atoms with Gasteiger partial charge in [0, 0.05) is 39.6 Å². The number of benzene rings is 2. The van der Waals surface area contributed by atoms with Crippen LogP contribution in [0, 0.1) is 19.7 Å². The number of allylic oxidation sites excluding steroid dienone is 1. The van der Waals surface area contributed by atoms with Crippen LogP contribution in [0.15, 0.2) is 67.0 Å². The molecule has 0 aliphatic rings. The van der Waals surface area contributed by atoms with Gasteiger partial charge in [0.15, 0.2) is 11.6 Å². The summed E-state index contributed by atoms with van der Waals surface area (Å²) in [5.74, 6) is -1.44. The molecule has 0 radical (unpaired) electrons. The molecule has 9 nitrogen and oxygen atoms in total. The number of primary amides is 1. The zero-order valence-electron chi connectivity index (χ0n) is 22.4. The van der Waals surface area contributed by atoms with Gasteiger partial charge in [0.2, 0.25) is 5.91 Å². The predicted molar refractivity (Wildman–Crippen MR) is 158 cm³/mol. The summed E-state index contributed by atoms with van der Waals surface area (Å²) in [5.41, 5.74) is 16.2. The van der Waals surface area contributed by atoms with E-state index in [2.05, 4.69) is 20.3 Å². The van der Waals surface area contributed by atoms with E-state index in [4.69, 9.17) is 16.2 Å². The third kappa shape index (κ3) is 5.48. The number of anilines is 2. The molecule has 0 atom stereocenters. The Labute approximate surface area is 238 Å². The zero-order valence-corrected chi connectivity index (χ0v) is 23.2. The number of thiophene rings is 1. The van der Waals surface area contributed by atoms with Crippen molar-refractivity contribution in [3.8, 4) is 33.3 Å². The molecule has 0 saturated carbocycles. The highest BCUT2D eigenvalue weighted by molar-refractivity contribution is 7.23. The molecule has 0 saturated heterocycles. The minimum atomic E-state index is -0.659. The second kappa shape index (κ2) is 11.1. The lowest BCUT2D eigenvalue weighted by Gasteiger charge is -2.12. The number of hydrogen-bond acceptors (Lipinski definition) is 8. The lowest BCUT2D eigenvalue weighted by atomic mass is 9.96. The summed E-state index contributed by atoms with van der Waals surface area (Å²) in [4.78, 5) is 37.5. The van der Waals surface area contributed by atoms with Gasteiger partial charge in [0.05, 0.1) is 10.3 Å². The fourth-order valence-corrected chi connectivity index (χ4v) is 5.84. The van der Waals surface area contributed by atoms with Gasteiger partial charge in [-0.25, -0.2) is 19.3 Å². The fraction of sp³-hybridized carbons (Fsp3) is 0.100. The highest BCUT2D eigenvalue weighted by atomic mass is 32.1. The van der Waals surface area contributed by atoms with E-state index in [9.17, 15) is 9.59 Å². The number of hydrogen-bond donors (Lipinski definition) is 3. The van der Waals surface area contributed by atoms with Crippen molar-refractivity contribution in [3.63, 3.8) is 0 Å². The summed E-state index contributed by atoms with van der Waals surface area (Å²) in [5, 5.41) is 3.31. The molecule has 0 unspecified atom stereocenters. The van der Waals surface area contributed by atoms with E-state index in [1.165, 1.54) is 41.9 Å². The second-order valence-electron chi connectivity index (χ2n) is 9.18. The largest absolute Gasteiger partial charge is 0.421 e. The van der Waals surface area contributed by atoms with Crippen molar-refractivity contribution in [2.75, 3.05) is 11.1 Å². The lowest BCUT2D eigenvalue weighted by Crippen LogP contribution is -2.11. The van der Waals surface area contributed by atoms with Crippen molar-refractivity contribution in [3.05, 3.63) is 89.6 Å². The van der Waals surface area contributed by atoms with Gasteiger partial charge in [-0.2, -0.15) is 0 Å². The molecular weight excluding hydrogens is 543 g/mol. The number of nitrogens with one attached hydrogen (secondary N) is 1. The van der Waals surface area contributed by atoms with Gasteiger partial charge in [0.25, 0.3) is 5.91 Å². The number of amides is 2. The molecule has 206 valence electrons. The highest BCUT2D eigenvalue weighted by Gasteiger charge is 2.24. The Balaban J connectivity index is 1.68. The normalized spacial score (nSPS) is 11.2. The van der Waals surface area contributed by atoms with Gasteiger partial charge < -0.3 is 21.5 Å². The first kappa shape index (κ1) is 27.4. The number of carbonyl (C=O) groups is 2. The quantitative estimate of drug-likeness (QED) is 0.199. The number of pyridine rings is 1. The maximum Gasteiger partial charge on any atom is 0.322 e. The predicted octanol–water partition coefficient (Wildman–Crippen LogP) is 6.16. The third-order valence-corrected chi connectivity index (χ3v) is 7.51. The summed E-state index contributed by atoms with van der Waals surface area (Å²) >= 11 is 1.30. The average molecular weight is 569 g/mol. The van der Waals surface area contributed by atoms with Gasteiger partial charge in [-0.05, 0) is 73.9 Å². The molecule has 3 heterocycles. The Kier molecular flexibility index (Phi) is 7.45. The molecule has 2 aromatic carbocycles. The van der Waals surface area contributed by atoms with E-state index in [0.29, 0.717) is 32.6 Å². The Bertz CT molecular complexity index is 1870. The van der Waals surface area contributed by atoms with Crippen molar-refractivity contribution in [2.24, 2.45) is 5.73 Å². The number of nitrogen functional groups attached to an aromatic ring is 1. The molecule has 2 amide bonds. The van der Waals surface area contributed by atoms with Crippen LogP contribution < -0.4 is 21.5 Å². The topological polar surface area (TPSA) is 146 Å². The van der Waals surface area contributed by atoms with Crippen LogP contribution in [0.3, 0.4) is 0 Å². The number of nitrogens with zero attached hydrogens (tertiary/aromatic N) is 3. The number of nitrogens with two attached hydrogens (primary N) is 2. The number of carbonyl (C=O) groups excluding carboxylic acids is 2. The van der Waals surface area contributed by atoms with Crippen LogP contribution >= 0.6 is 11.3 Å². The SMILES string of the molecule is CC=CC(=O)Nc1ccc(-c2sc3c(C(N)=O)cnc(N)c3c2-c2ccc(Oc3nccc(C)n3)c(F)c2)c(C)c1. The molecule has 41 heavy (non-hydrogen) atoms. The number of fused-ring (bicyclic) bond motifs is 1. The molecule has 5 N–H and O–H groups in total. The van der Waals surface area contributed by atoms with Crippen molar-refractivity contribution in [1.82, 2.24) is 15.0 Å². The Morgan fingerprint density at radius 2 is 1.90 bits per heavy atom. The van der Waals surface area contributed by atoms with Crippen molar-refractivity contribution in [1.29, 1.82) is 0 Å². The fourth-order valence-electron chi connectivity index (χ4n) is 4.41. The van der Waals surface area contributed by atoms with E-state index >= 15 is 4.39 Å². The summed E-state index contributed by atoms with van der Waals surface area (Å²) in [6, 6.07) is 11.7. The monoisotopic (exact) mass is 568 g/mol. The molecular formula is C30H25FN6O3S. The summed E-state index contributed by atoms with van der Waals surface area (Å²) < 4.78 is 21.6. The van der Waals surface area contributed by atoms with Crippen LogP contribution in [0.1, 0.15) is 28.5 Å². The number of aryl methyl sites for hydroxylation is 2. The van der Waals surface area contributed by atoms with Crippen LogP contribution in [0.25, 0.3) is 31.7 Å². The first-order valence-corrected chi connectivity index (χ1v) is 13.3. The summed E-state index contributed by atoms with van der Waals surface area (Å²) in [6.45, 7) is 5.43. The molecule has 0 aliphatic heterocycles. The van der Waals surface area contributed by atoms with Crippen LogP contribution in [0.2, 0.25) is 0 Å². The third-order valence-electron chi connectivity index (χ3n) is 6.26. The highest BCUT2D eigenvalue weighted by Crippen LogP contribution is 2.49. The smallest absolute Gasteiger partial charge is 0.322 e. The minimum Gasteiger partial charge on any atom is -0.421 e. The molecule has 5 rings (SSSR count). The zero-order chi connectivity index (χ0) is 29.3. The second-order valence-corrected chi connectivity index (χ2v) is 10.2. The van der Waals surface area contributed by atoms with Crippen molar-refractivity contribution >= 4 is 44.7 Å². The number of halogens is 1. The Morgan fingerprint density at radius 3 is 2.59 bits per heavy atom. The number of ether oxygens (including phenoxy) is 1. The summed E-state index contributed by atoms with van der Waals surface area (Å²) in [7, 11) is 0.